The van der Waals surface area contributed by atoms with Crippen LogP contribution in [0.15, 0.2) is 48.9 Å². The van der Waals surface area contributed by atoms with Gasteiger partial charge in [0.1, 0.15) is 17.6 Å². The Hall–Kier alpha value is -4.26. The number of halogens is 1. The molecule has 168 valence electrons. The van der Waals surface area contributed by atoms with Crippen molar-refractivity contribution >= 4 is 11.8 Å². The molecule has 13 heteroatoms. The molecule has 0 saturated carbocycles. The van der Waals surface area contributed by atoms with Crippen LogP contribution in [-0.4, -0.2) is 70.6 Å². The number of cyclic esters (lactones) is 1. The Kier molecular flexibility index (Phi) is 5.44. The zero-order chi connectivity index (χ0) is 22.8. The van der Waals surface area contributed by atoms with Gasteiger partial charge in [0.2, 0.25) is 5.82 Å². The van der Waals surface area contributed by atoms with E-state index in [1.807, 2.05) is 0 Å². The van der Waals surface area contributed by atoms with Crippen LogP contribution in [0.4, 0.5) is 14.9 Å². The number of amides is 1. The second-order valence-corrected chi connectivity index (χ2v) is 7.29. The minimum absolute atomic E-state index is 0.112. The first-order valence-electron chi connectivity index (χ1n) is 10.1. The van der Waals surface area contributed by atoms with Crippen LogP contribution in [0.2, 0.25) is 0 Å². The lowest BCUT2D eigenvalue weighted by Crippen LogP contribution is -2.26. The Bertz CT molecular complexity index is 1260. The Balaban J connectivity index is 1.33. The highest BCUT2D eigenvalue weighted by Crippen LogP contribution is 2.29. The molecule has 33 heavy (non-hydrogen) atoms. The van der Waals surface area contributed by atoms with E-state index in [0.29, 0.717) is 34.9 Å². The highest BCUT2D eigenvalue weighted by Gasteiger charge is 2.33. The second kappa shape index (κ2) is 8.70. The zero-order valence-corrected chi connectivity index (χ0v) is 17.2. The van der Waals surface area contributed by atoms with Crippen LogP contribution in [0.5, 0.6) is 0 Å². The fourth-order valence-corrected chi connectivity index (χ4v) is 3.59. The van der Waals surface area contributed by atoms with Gasteiger partial charge in [-0.3, -0.25) is 9.88 Å². The Labute approximate surface area is 186 Å². The van der Waals surface area contributed by atoms with Gasteiger partial charge in [-0.2, -0.15) is 0 Å². The summed E-state index contributed by atoms with van der Waals surface area (Å²) in [6.07, 6.45) is 3.78. The third-order valence-electron chi connectivity index (χ3n) is 5.15. The van der Waals surface area contributed by atoms with Gasteiger partial charge in [-0.1, -0.05) is 11.3 Å². The number of hydrogen-bond acceptors (Lipinski definition) is 9. The number of nitrogens with zero attached hydrogens (tertiary/aromatic N) is 9. The molecule has 1 aromatic carbocycles. The highest BCUT2D eigenvalue weighted by atomic mass is 19.1. The normalized spacial score (nSPS) is 15.8. The summed E-state index contributed by atoms with van der Waals surface area (Å²) in [5.41, 5.74) is 1.78. The van der Waals surface area contributed by atoms with Gasteiger partial charge in [-0.25, -0.2) is 18.5 Å². The SMILES string of the molecule is O=C1O[C@@H](Cn2ccnn2)CN1c1ccc(-c2ccc(-c3nnnn3CCO)nc2)c(F)c1. The Morgan fingerprint density at radius 2 is 2.12 bits per heavy atom. The van der Waals surface area contributed by atoms with Gasteiger partial charge in [0.25, 0.3) is 0 Å². The van der Waals surface area contributed by atoms with E-state index in [-0.39, 0.29) is 19.7 Å². The maximum Gasteiger partial charge on any atom is 0.414 e. The number of rotatable bonds is 7. The molecule has 1 fully saturated rings. The third kappa shape index (κ3) is 4.13. The largest absolute Gasteiger partial charge is 0.442 e. The summed E-state index contributed by atoms with van der Waals surface area (Å²) < 4.78 is 23.3. The maximum atomic E-state index is 15.0. The van der Waals surface area contributed by atoms with Gasteiger partial charge in [0, 0.05) is 23.5 Å². The lowest BCUT2D eigenvalue weighted by Gasteiger charge is -2.14. The number of aliphatic hydroxyl groups excluding tert-OH is 1. The number of carbonyl (C=O) groups excluding carboxylic acids is 1. The van der Waals surface area contributed by atoms with Gasteiger partial charge < -0.3 is 9.84 Å². The van der Waals surface area contributed by atoms with Crippen molar-refractivity contribution in [1.29, 1.82) is 0 Å². The molecule has 0 radical (unpaired) electrons. The van der Waals surface area contributed by atoms with E-state index in [2.05, 4.69) is 30.8 Å². The van der Waals surface area contributed by atoms with Crippen molar-refractivity contribution < 1.29 is 19.0 Å². The molecule has 4 aromatic rings. The van der Waals surface area contributed by atoms with Crippen molar-refractivity contribution in [2.75, 3.05) is 18.1 Å². The van der Waals surface area contributed by atoms with Crippen molar-refractivity contribution in [3.05, 3.63) is 54.7 Å². The van der Waals surface area contributed by atoms with Crippen molar-refractivity contribution in [3.63, 3.8) is 0 Å². The number of hydrogen-bond donors (Lipinski definition) is 1. The van der Waals surface area contributed by atoms with Gasteiger partial charge in [0.05, 0.1) is 38.1 Å². The van der Waals surface area contributed by atoms with E-state index in [9.17, 15) is 9.18 Å². The highest BCUT2D eigenvalue weighted by molar-refractivity contribution is 5.90. The van der Waals surface area contributed by atoms with Gasteiger partial charge >= 0.3 is 6.09 Å². The van der Waals surface area contributed by atoms with E-state index < -0.39 is 18.0 Å². The smallest absolute Gasteiger partial charge is 0.414 e. The molecule has 4 heterocycles. The number of pyridine rings is 1. The molecule has 0 aliphatic carbocycles. The van der Waals surface area contributed by atoms with E-state index in [1.54, 1.807) is 41.3 Å². The Morgan fingerprint density at radius 1 is 1.21 bits per heavy atom. The molecule has 0 bridgehead atoms. The average molecular weight is 451 g/mol. The van der Waals surface area contributed by atoms with Crippen LogP contribution < -0.4 is 4.90 Å². The zero-order valence-electron chi connectivity index (χ0n) is 17.2. The fourth-order valence-electron chi connectivity index (χ4n) is 3.59. The van der Waals surface area contributed by atoms with Crippen LogP contribution in [-0.2, 0) is 17.8 Å². The lowest BCUT2D eigenvalue weighted by atomic mass is 10.1. The predicted octanol–water partition coefficient (Wildman–Crippen LogP) is 1.15. The van der Waals surface area contributed by atoms with E-state index in [1.165, 1.54) is 21.8 Å². The quantitative estimate of drug-likeness (QED) is 0.439. The van der Waals surface area contributed by atoms with Crippen LogP contribution in [0.1, 0.15) is 0 Å². The van der Waals surface area contributed by atoms with Crippen LogP contribution in [0, 0.1) is 5.82 Å². The van der Waals surface area contributed by atoms with Crippen LogP contribution in [0.3, 0.4) is 0 Å². The summed E-state index contributed by atoms with van der Waals surface area (Å²) >= 11 is 0. The standard InChI is InChI=1S/C20H18FN9O3/c21-17-9-14(29-12-15(33-20(29)32)11-28-6-5-23-26-28)2-3-16(17)13-1-4-18(22-10-13)19-24-25-27-30(19)7-8-31/h1-6,9-10,15,31H,7-8,11-12H2/t15-/m0/s1. The first-order chi connectivity index (χ1) is 16.1. The number of aliphatic hydroxyl groups is 1. The third-order valence-corrected chi connectivity index (χ3v) is 5.15. The molecule has 1 saturated heterocycles. The topological polar surface area (TPSA) is 137 Å². The summed E-state index contributed by atoms with van der Waals surface area (Å²) in [7, 11) is 0. The number of aromatic nitrogens is 8. The Morgan fingerprint density at radius 3 is 2.85 bits per heavy atom. The molecule has 1 atom stereocenters. The molecule has 1 aliphatic rings. The first kappa shape index (κ1) is 20.6. The molecule has 1 amide bonds. The first-order valence-corrected chi connectivity index (χ1v) is 10.1. The molecule has 0 unspecified atom stereocenters. The summed E-state index contributed by atoms with van der Waals surface area (Å²) in [4.78, 5) is 18.0. The number of benzene rings is 1. The number of anilines is 1. The summed E-state index contributed by atoms with van der Waals surface area (Å²) in [6.45, 7) is 0.763. The summed E-state index contributed by atoms with van der Waals surface area (Å²) in [5, 5.41) is 28.0. The van der Waals surface area contributed by atoms with Gasteiger partial charge in [0.15, 0.2) is 0 Å². The molecule has 12 nitrogen and oxygen atoms in total. The summed E-state index contributed by atoms with van der Waals surface area (Å²) in [6, 6.07) is 7.93. The number of ether oxygens (including phenoxy) is 1. The minimum atomic E-state index is -0.543. The van der Waals surface area contributed by atoms with E-state index >= 15 is 0 Å². The van der Waals surface area contributed by atoms with Gasteiger partial charge in [-0.15, -0.1) is 10.2 Å². The second-order valence-electron chi connectivity index (χ2n) is 7.29. The number of carbonyl (C=O) groups is 1. The molecular formula is C20H18FN9O3. The lowest BCUT2D eigenvalue weighted by molar-refractivity contribution is 0.129. The number of tetrazole rings is 1. The molecule has 0 spiro atoms. The van der Waals surface area contributed by atoms with E-state index in [0.717, 1.165) is 0 Å². The summed E-state index contributed by atoms with van der Waals surface area (Å²) in [5.74, 6) is -0.0981. The molecule has 5 rings (SSSR count). The van der Waals surface area contributed by atoms with E-state index in [4.69, 9.17) is 9.84 Å². The molecule has 1 aliphatic heterocycles. The molecule has 3 aromatic heterocycles. The van der Waals surface area contributed by atoms with Crippen molar-refractivity contribution in [1.82, 2.24) is 40.2 Å². The average Bonchev–Trinajstić information content (AvgIpc) is 3.56. The van der Waals surface area contributed by atoms with Crippen molar-refractivity contribution in [3.8, 4) is 22.6 Å². The molecular weight excluding hydrogens is 433 g/mol. The molecule has 1 N–H and O–H groups in total. The van der Waals surface area contributed by atoms with Crippen molar-refractivity contribution in [2.45, 2.75) is 19.2 Å². The minimum Gasteiger partial charge on any atom is -0.442 e. The monoisotopic (exact) mass is 451 g/mol. The fraction of sp³-hybridized carbons (Fsp3) is 0.250. The van der Waals surface area contributed by atoms with Crippen LogP contribution in [0.25, 0.3) is 22.6 Å². The van der Waals surface area contributed by atoms with Crippen LogP contribution >= 0.6 is 0 Å². The predicted molar refractivity (Wildman–Crippen MR) is 111 cm³/mol. The van der Waals surface area contributed by atoms with Crippen molar-refractivity contribution in [2.24, 2.45) is 0 Å². The maximum absolute atomic E-state index is 15.0. The van der Waals surface area contributed by atoms with Gasteiger partial charge in [-0.05, 0) is 34.7 Å².